The normalized spacial score (nSPS) is 17.2. The summed E-state index contributed by atoms with van der Waals surface area (Å²) in [5.41, 5.74) is 0.533. The Balaban J connectivity index is 1.98. The van der Waals surface area contributed by atoms with Gasteiger partial charge in [0.15, 0.2) is 11.5 Å². The third-order valence-corrected chi connectivity index (χ3v) is 5.95. The molecule has 0 radical (unpaired) electrons. The molecule has 4 rings (SSSR count). The highest BCUT2D eigenvalue weighted by molar-refractivity contribution is 6.51. The van der Waals surface area contributed by atoms with Crippen LogP contribution in [0.3, 0.4) is 0 Å². The molecule has 1 amide bonds. The van der Waals surface area contributed by atoms with E-state index in [1.165, 1.54) is 49.4 Å². The standard InChI is InChI=1S/C26H20ClF2NO5/c1-3-35-21-11-14(5-9-20(21)31)23-22(24(32)15-4-7-18(28)13(2)10-15)25(33)26(34)30(23)16-6-8-19(29)17(27)12-16/h4-12,23,31-32H,3H2,1-2H3/b24-22+. The quantitative estimate of drug-likeness (QED) is 0.269. The van der Waals surface area contributed by atoms with Crippen molar-refractivity contribution >= 4 is 34.7 Å². The fourth-order valence-electron chi connectivity index (χ4n) is 3.97. The van der Waals surface area contributed by atoms with Crippen molar-refractivity contribution in [3.63, 3.8) is 0 Å². The maximum atomic E-state index is 13.8. The third kappa shape index (κ3) is 4.33. The minimum Gasteiger partial charge on any atom is -0.507 e. The number of amides is 1. The van der Waals surface area contributed by atoms with Crippen molar-refractivity contribution in [3.05, 3.63) is 93.5 Å². The number of ether oxygens (including phenoxy) is 1. The first-order valence-electron chi connectivity index (χ1n) is 10.6. The van der Waals surface area contributed by atoms with Crippen LogP contribution in [0.25, 0.3) is 5.76 Å². The number of phenols is 1. The summed E-state index contributed by atoms with van der Waals surface area (Å²) in [6.07, 6.45) is 0. The number of carbonyl (C=O) groups excluding carboxylic acids is 2. The maximum Gasteiger partial charge on any atom is 0.300 e. The van der Waals surface area contributed by atoms with Gasteiger partial charge in [-0.1, -0.05) is 17.7 Å². The highest BCUT2D eigenvalue weighted by Gasteiger charge is 2.47. The number of rotatable bonds is 5. The summed E-state index contributed by atoms with van der Waals surface area (Å²) in [6, 6.07) is 10.4. The van der Waals surface area contributed by atoms with Crippen molar-refractivity contribution in [2.75, 3.05) is 11.5 Å². The summed E-state index contributed by atoms with van der Waals surface area (Å²) in [5.74, 6) is -3.77. The number of benzene rings is 3. The van der Waals surface area contributed by atoms with Crippen LogP contribution in [0.2, 0.25) is 5.02 Å². The van der Waals surface area contributed by atoms with Gasteiger partial charge in [0.05, 0.1) is 23.2 Å². The number of aliphatic hydroxyl groups excluding tert-OH is 1. The first-order chi connectivity index (χ1) is 16.6. The summed E-state index contributed by atoms with van der Waals surface area (Å²) in [4.78, 5) is 27.5. The SMILES string of the molecule is CCOc1cc(C2/C(=C(\O)c3ccc(F)c(C)c3)C(=O)C(=O)N2c2ccc(F)c(Cl)c2)ccc1O. The van der Waals surface area contributed by atoms with Gasteiger partial charge in [0.1, 0.15) is 17.4 Å². The van der Waals surface area contributed by atoms with Crippen LogP contribution in [0, 0.1) is 18.6 Å². The lowest BCUT2D eigenvalue weighted by Gasteiger charge is -2.26. The maximum absolute atomic E-state index is 13.8. The van der Waals surface area contributed by atoms with Gasteiger partial charge in [0.2, 0.25) is 0 Å². The van der Waals surface area contributed by atoms with Gasteiger partial charge in [0, 0.05) is 11.3 Å². The minimum absolute atomic E-state index is 0.102. The van der Waals surface area contributed by atoms with E-state index in [9.17, 15) is 28.6 Å². The monoisotopic (exact) mass is 499 g/mol. The second-order valence-electron chi connectivity index (χ2n) is 7.89. The Kier molecular flexibility index (Phi) is 6.49. The van der Waals surface area contributed by atoms with Gasteiger partial charge in [-0.25, -0.2) is 8.78 Å². The van der Waals surface area contributed by atoms with Crippen LogP contribution < -0.4 is 9.64 Å². The summed E-state index contributed by atoms with van der Waals surface area (Å²) < 4.78 is 33.1. The van der Waals surface area contributed by atoms with E-state index in [0.717, 1.165) is 17.0 Å². The predicted octanol–water partition coefficient (Wildman–Crippen LogP) is 5.66. The largest absolute Gasteiger partial charge is 0.507 e. The second kappa shape index (κ2) is 9.38. The average Bonchev–Trinajstić information content (AvgIpc) is 3.09. The zero-order chi connectivity index (χ0) is 25.4. The fraction of sp³-hybridized carbons (Fsp3) is 0.154. The van der Waals surface area contributed by atoms with E-state index in [4.69, 9.17) is 16.3 Å². The number of nitrogens with zero attached hydrogens (tertiary/aromatic N) is 1. The second-order valence-corrected chi connectivity index (χ2v) is 8.30. The van der Waals surface area contributed by atoms with Crippen LogP contribution in [0.1, 0.15) is 29.7 Å². The molecular formula is C26H20ClF2NO5. The van der Waals surface area contributed by atoms with Gasteiger partial charge in [0.25, 0.3) is 11.7 Å². The van der Waals surface area contributed by atoms with Crippen molar-refractivity contribution < 1.29 is 33.3 Å². The molecule has 1 unspecified atom stereocenters. The average molecular weight is 500 g/mol. The van der Waals surface area contributed by atoms with Gasteiger partial charge in [-0.3, -0.25) is 14.5 Å². The predicted molar refractivity (Wildman–Crippen MR) is 127 cm³/mol. The molecule has 1 saturated heterocycles. The molecule has 35 heavy (non-hydrogen) atoms. The zero-order valence-electron chi connectivity index (χ0n) is 18.7. The van der Waals surface area contributed by atoms with Gasteiger partial charge in [-0.05, 0) is 73.5 Å². The Labute approximate surface area is 204 Å². The fourth-order valence-corrected chi connectivity index (χ4v) is 4.14. The summed E-state index contributed by atoms with van der Waals surface area (Å²) >= 11 is 5.94. The molecule has 0 bridgehead atoms. The van der Waals surface area contributed by atoms with E-state index < -0.39 is 35.1 Å². The molecule has 1 heterocycles. The number of phenolic OH excluding ortho intramolecular Hbond substituents is 1. The number of aliphatic hydroxyl groups is 1. The van der Waals surface area contributed by atoms with Crippen molar-refractivity contribution in [1.82, 2.24) is 0 Å². The van der Waals surface area contributed by atoms with Gasteiger partial charge in [-0.2, -0.15) is 0 Å². The third-order valence-electron chi connectivity index (χ3n) is 5.66. The smallest absolute Gasteiger partial charge is 0.300 e. The first kappa shape index (κ1) is 24.2. The van der Waals surface area contributed by atoms with E-state index >= 15 is 0 Å². The van der Waals surface area contributed by atoms with E-state index in [2.05, 4.69) is 0 Å². The van der Waals surface area contributed by atoms with Gasteiger partial charge in [-0.15, -0.1) is 0 Å². The van der Waals surface area contributed by atoms with E-state index in [0.29, 0.717) is 5.56 Å². The van der Waals surface area contributed by atoms with E-state index in [1.54, 1.807) is 6.92 Å². The van der Waals surface area contributed by atoms with Crippen LogP contribution in [0.5, 0.6) is 11.5 Å². The number of hydrogen-bond donors (Lipinski definition) is 2. The number of Topliss-reactive ketones (excluding diaryl/α,β-unsaturated/α-hetero) is 1. The zero-order valence-corrected chi connectivity index (χ0v) is 19.4. The Morgan fingerprint density at radius 1 is 1.06 bits per heavy atom. The van der Waals surface area contributed by atoms with Crippen LogP contribution >= 0.6 is 11.6 Å². The summed E-state index contributed by atoms with van der Waals surface area (Å²) in [6.45, 7) is 3.45. The Morgan fingerprint density at radius 2 is 1.77 bits per heavy atom. The number of ketones is 1. The van der Waals surface area contributed by atoms with Crippen LogP contribution in [0.4, 0.5) is 14.5 Å². The van der Waals surface area contributed by atoms with Crippen molar-refractivity contribution in [3.8, 4) is 11.5 Å². The lowest BCUT2D eigenvalue weighted by molar-refractivity contribution is -0.132. The number of aromatic hydroxyl groups is 1. The Hall–Kier alpha value is -3.91. The number of hydrogen-bond acceptors (Lipinski definition) is 5. The number of carbonyl (C=O) groups is 2. The van der Waals surface area contributed by atoms with Gasteiger partial charge < -0.3 is 14.9 Å². The van der Waals surface area contributed by atoms with Crippen LogP contribution in [-0.2, 0) is 9.59 Å². The topological polar surface area (TPSA) is 87.1 Å². The molecule has 180 valence electrons. The Bertz CT molecular complexity index is 1390. The lowest BCUT2D eigenvalue weighted by Crippen LogP contribution is -2.29. The van der Waals surface area contributed by atoms with Crippen LogP contribution in [-0.4, -0.2) is 28.5 Å². The molecule has 2 N–H and O–H groups in total. The molecule has 0 spiro atoms. The number of anilines is 1. The molecule has 0 aromatic heterocycles. The van der Waals surface area contributed by atoms with Crippen molar-refractivity contribution in [2.45, 2.75) is 19.9 Å². The van der Waals surface area contributed by atoms with E-state index in [1.807, 2.05) is 0 Å². The van der Waals surface area contributed by atoms with Gasteiger partial charge >= 0.3 is 0 Å². The molecule has 1 aliphatic rings. The molecule has 1 atom stereocenters. The molecule has 1 aliphatic heterocycles. The minimum atomic E-state index is -1.18. The van der Waals surface area contributed by atoms with Crippen molar-refractivity contribution in [1.29, 1.82) is 0 Å². The van der Waals surface area contributed by atoms with E-state index in [-0.39, 0.29) is 45.5 Å². The first-order valence-corrected chi connectivity index (χ1v) is 11.0. The van der Waals surface area contributed by atoms with Crippen LogP contribution in [0.15, 0.2) is 60.2 Å². The molecule has 1 fully saturated rings. The highest BCUT2D eigenvalue weighted by Crippen LogP contribution is 2.44. The molecule has 6 nitrogen and oxygen atoms in total. The molecule has 3 aromatic carbocycles. The molecule has 9 heteroatoms. The molecule has 0 saturated carbocycles. The lowest BCUT2D eigenvalue weighted by atomic mass is 9.94. The number of halogens is 3. The summed E-state index contributed by atoms with van der Waals surface area (Å²) in [7, 11) is 0. The molecular weight excluding hydrogens is 480 g/mol. The van der Waals surface area contributed by atoms with Crippen molar-refractivity contribution in [2.24, 2.45) is 0 Å². The molecule has 3 aromatic rings. The molecule has 0 aliphatic carbocycles. The number of aryl methyl sites for hydroxylation is 1. The highest BCUT2D eigenvalue weighted by atomic mass is 35.5. The Morgan fingerprint density at radius 3 is 2.43 bits per heavy atom. The summed E-state index contributed by atoms with van der Waals surface area (Å²) in [5, 5.41) is 21.0.